The summed E-state index contributed by atoms with van der Waals surface area (Å²) >= 11 is 3.24. The number of benzene rings is 2. The fourth-order valence-corrected chi connectivity index (χ4v) is 2.46. The van der Waals surface area contributed by atoms with Gasteiger partial charge in [0.1, 0.15) is 5.82 Å². The Morgan fingerprint density at radius 1 is 1.16 bits per heavy atom. The van der Waals surface area contributed by atoms with Crippen LogP contribution in [0.4, 0.5) is 4.39 Å². The van der Waals surface area contributed by atoms with Crippen molar-refractivity contribution in [1.82, 2.24) is 0 Å². The van der Waals surface area contributed by atoms with Gasteiger partial charge in [-0.05, 0) is 35.6 Å². The highest BCUT2D eigenvalue weighted by Crippen LogP contribution is 2.26. The lowest BCUT2D eigenvalue weighted by Gasteiger charge is -2.19. The summed E-state index contributed by atoms with van der Waals surface area (Å²) < 4.78 is 14.5. The van der Waals surface area contributed by atoms with Crippen LogP contribution in [0.1, 0.15) is 24.2 Å². The van der Waals surface area contributed by atoms with Crippen molar-refractivity contribution in [3.8, 4) is 0 Å². The Bertz CT molecular complexity index is 542. The summed E-state index contributed by atoms with van der Waals surface area (Å²) in [5.74, 6) is -0.278. The van der Waals surface area contributed by atoms with Crippen LogP contribution in [0.15, 0.2) is 53.0 Å². The zero-order valence-corrected chi connectivity index (χ0v) is 12.3. The highest BCUT2D eigenvalue weighted by molar-refractivity contribution is 9.10. The molecular formula is C16H16BrFO. The van der Waals surface area contributed by atoms with Crippen molar-refractivity contribution >= 4 is 15.9 Å². The molecule has 1 N–H and O–H groups in total. The molecule has 0 saturated carbocycles. The zero-order valence-electron chi connectivity index (χ0n) is 10.7. The van der Waals surface area contributed by atoms with Crippen LogP contribution < -0.4 is 0 Å². The number of aliphatic hydroxyl groups is 1. The van der Waals surface area contributed by atoms with Crippen molar-refractivity contribution in [3.05, 3.63) is 69.9 Å². The molecular weight excluding hydrogens is 307 g/mol. The van der Waals surface area contributed by atoms with E-state index in [0.29, 0.717) is 12.0 Å². The predicted molar refractivity (Wildman–Crippen MR) is 78.4 cm³/mol. The smallest absolute Gasteiger partial charge is 0.127 e. The molecule has 0 fully saturated rings. The molecule has 2 aromatic carbocycles. The van der Waals surface area contributed by atoms with Crippen molar-refractivity contribution in [2.45, 2.75) is 19.4 Å². The fraction of sp³-hybridized carbons (Fsp3) is 0.250. The molecule has 0 heterocycles. The molecule has 0 aliphatic rings. The van der Waals surface area contributed by atoms with E-state index in [2.05, 4.69) is 15.9 Å². The first-order chi connectivity index (χ1) is 9.08. The zero-order chi connectivity index (χ0) is 13.8. The van der Waals surface area contributed by atoms with Gasteiger partial charge in [-0.2, -0.15) is 0 Å². The Balaban J connectivity index is 2.10. The van der Waals surface area contributed by atoms with Crippen molar-refractivity contribution in [3.63, 3.8) is 0 Å². The van der Waals surface area contributed by atoms with Crippen LogP contribution >= 0.6 is 15.9 Å². The number of aliphatic hydroxyl groups excluding tert-OH is 1. The average Bonchev–Trinajstić information content (AvgIpc) is 2.42. The van der Waals surface area contributed by atoms with E-state index in [-0.39, 0.29) is 11.7 Å². The van der Waals surface area contributed by atoms with E-state index >= 15 is 0 Å². The van der Waals surface area contributed by atoms with Gasteiger partial charge in [0.2, 0.25) is 0 Å². The Labute approximate surface area is 121 Å². The Kier molecular flexibility index (Phi) is 4.72. The lowest BCUT2D eigenvalue weighted by molar-refractivity contribution is 0.117. The molecule has 19 heavy (non-hydrogen) atoms. The molecule has 0 aliphatic carbocycles. The van der Waals surface area contributed by atoms with Gasteiger partial charge in [0.15, 0.2) is 0 Å². The van der Waals surface area contributed by atoms with Gasteiger partial charge in [-0.15, -0.1) is 0 Å². The minimum Gasteiger partial charge on any atom is -0.388 e. The SMILES string of the molecule is CC(Cc1ccc(Br)cc1F)C(O)c1ccccc1. The van der Waals surface area contributed by atoms with Crippen molar-refractivity contribution < 1.29 is 9.50 Å². The fourth-order valence-electron chi connectivity index (χ4n) is 2.12. The summed E-state index contributed by atoms with van der Waals surface area (Å²) in [6, 6.07) is 14.5. The van der Waals surface area contributed by atoms with E-state index < -0.39 is 6.10 Å². The third-order valence-electron chi connectivity index (χ3n) is 3.24. The van der Waals surface area contributed by atoms with E-state index in [9.17, 15) is 9.50 Å². The normalized spacial score (nSPS) is 14.1. The molecule has 2 unspecified atom stereocenters. The van der Waals surface area contributed by atoms with E-state index in [1.165, 1.54) is 6.07 Å². The largest absolute Gasteiger partial charge is 0.388 e. The lowest BCUT2D eigenvalue weighted by atomic mass is 9.91. The van der Waals surface area contributed by atoms with Gasteiger partial charge in [0.05, 0.1) is 6.10 Å². The molecule has 0 spiro atoms. The number of halogens is 2. The maximum Gasteiger partial charge on any atom is 0.127 e. The Morgan fingerprint density at radius 2 is 1.84 bits per heavy atom. The van der Waals surface area contributed by atoms with Crippen molar-refractivity contribution in [2.75, 3.05) is 0 Å². The standard InChI is InChI=1S/C16H16BrFO/c1-11(16(19)12-5-3-2-4-6-12)9-13-7-8-14(17)10-15(13)18/h2-8,10-11,16,19H,9H2,1H3. The molecule has 0 aromatic heterocycles. The van der Waals surface area contributed by atoms with Gasteiger partial charge < -0.3 is 5.11 Å². The van der Waals surface area contributed by atoms with E-state index in [4.69, 9.17) is 0 Å². The van der Waals surface area contributed by atoms with Gasteiger partial charge in [-0.1, -0.05) is 59.3 Å². The van der Waals surface area contributed by atoms with Crippen LogP contribution in [0.3, 0.4) is 0 Å². The first-order valence-corrected chi connectivity index (χ1v) is 7.04. The first kappa shape index (κ1) is 14.2. The molecule has 0 bridgehead atoms. The minimum atomic E-state index is -0.579. The minimum absolute atomic E-state index is 0.0434. The van der Waals surface area contributed by atoms with Crippen LogP contribution in [0.2, 0.25) is 0 Å². The summed E-state index contributed by atoms with van der Waals surface area (Å²) in [5, 5.41) is 10.3. The maximum atomic E-state index is 13.8. The van der Waals surface area contributed by atoms with Crippen LogP contribution in [0.5, 0.6) is 0 Å². The molecule has 0 radical (unpaired) electrons. The molecule has 0 aliphatic heterocycles. The summed E-state index contributed by atoms with van der Waals surface area (Å²) in [7, 11) is 0. The van der Waals surface area contributed by atoms with Crippen LogP contribution in [0, 0.1) is 11.7 Å². The number of hydrogen-bond acceptors (Lipinski definition) is 1. The second kappa shape index (κ2) is 6.31. The van der Waals surface area contributed by atoms with Crippen LogP contribution in [-0.4, -0.2) is 5.11 Å². The number of hydrogen-bond donors (Lipinski definition) is 1. The van der Waals surface area contributed by atoms with Gasteiger partial charge in [0.25, 0.3) is 0 Å². The summed E-state index contributed by atoms with van der Waals surface area (Å²) in [6.45, 7) is 1.93. The Hall–Kier alpha value is -1.19. The highest BCUT2D eigenvalue weighted by Gasteiger charge is 2.18. The molecule has 1 nitrogen and oxygen atoms in total. The number of rotatable bonds is 4. The second-order valence-corrected chi connectivity index (χ2v) is 5.69. The van der Waals surface area contributed by atoms with E-state index in [1.54, 1.807) is 6.07 Å². The quantitative estimate of drug-likeness (QED) is 0.878. The monoisotopic (exact) mass is 322 g/mol. The van der Waals surface area contributed by atoms with Gasteiger partial charge in [-0.25, -0.2) is 4.39 Å². The third kappa shape index (κ3) is 3.64. The van der Waals surface area contributed by atoms with Gasteiger partial charge in [0, 0.05) is 4.47 Å². The predicted octanol–water partition coefficient (Wildman–Crippen LogP) is 4.50. The van der Waals surface area contributed by atoms with Gasteiger partial charge >= 0.3 is 0 Å². The van der Waals surface area contributed by atoms with Gasteiger partial charge in [-0.3, -0.25) is 0 Å². The van der Waals surface area contributed by atoms with Crippen molar-refractivity contribution in [1.29, 1.82) is 0 Å². The van der Waals surface area contributed by atoms with Crippen molar-refractivity contribution in [2.24, 2.45) is 5.92 Å². The molecule has 2 rings (SSSR count). The summed E-state index contributed by atoms with van der Waals surface area (Å²) in [4.78, 5) is 0. The molecule has 0 saturated heterocycles. The molecule has 2 atom stereocenters. The molecule has 100 valence electrons. The molecule has 2 aromatic rings. The second-order valence-electron chi connectivity index (χ2n) is 4.77. The average molecular weight is 323 g/mol. The molecule has 0 amide bonds. The summed E-state index contributed by atoms with van der Waals surface area (Å²) in [6.07, 6.45) is -0.0703. The van der Waals surface area contributed by atoms with Crippen LogP contribution in [0.25, 0.3) is 0 Å². The molecule has 3 heteroatoms. The Morgan fingerprint density at radius 3 is 2.47 bits per heavy atom. The van der Waals surface area contributed by atoms with E-state index in [1.807, 2.05) is 43.3 Å². The first-order valence-electron chi connectivity index (χ1n) is 6.25. The van der Waals surface area contributed by atoms with E-state index in [0.717, 1.165) is 10.0 Å². The maximum absolute atomic E-state index is 13.8. The topological polar surface area (TPSA) is 20.2 Å². The third-order valence-corrected chi connectivity index (χ3v) is 3.73. The van der Waals surface area contributed by atoms with Crippen LogP contribution in [-0.2, 0) is 6.42 Å². The lowest BCUT2D eigenvalue weighted by Crippen LogP contribution is -2.12. The summed E-state index contributed by atoms with van der Waals surface area (Å²) in [5.41, 5.74) is 1.50. The highest BCUT2D eigenvalue weighted by atomic mass is 79.9.